The predicted molar refractivity (Wildman–Crippen MR) is 127 cm³/mol. The number of aliphatic imine (C=N–C) groups is 1. The lowest BCUT2D eigenvalue weighted by molar-refractivity contribution is 0.0601. The number of esters is 1. The second kappa shape index (κ2) is 10.5. The van der Waals surface area contributed by atoms with Crippen LogP contribution in [0.25, 0.3) is 11.1 Å². The van der Waals surface area contributed by atoms with Gasteiger partial charge in [0.1, 0.15) is 0 Å². The first kappa shape index (κ1) is 22.9. The van der Waals surface area contributed by atoms with Gasteiger partial charge in [0.2, 0.25) is 5.95 Å². The van der Waals surface area contributed by atoms with Crippen LogP contribution in [0.3, 0.4) is 0 Å². The number of nitrogens with zero attached hydrogens (tertiary/aromatic N) is 3. The summed E-state index contributed by atoms with van der Waals surface area (Å²) >= 11 is 0. The minimum atomic E-state index is -0.372. The van der Waals surface area contributed by atoms with Gasteiger partial charge in [0.05, 0.1) is 24.7 Å². The molecule has 7 nitrogen and oxygen atoms in total. The lowest BCUT2D eigenvalue weighted by Gasteiger charge is -2.11. The van der Waals surface area contributed by atoms with Gasteiger partial charge in [0.15, 0.2) is 0 Å². The molecular weight excluding hydrogens is 404 g/mol. The van der Waals surface area contributed by atoms with Crippen LogP contribution < -0.4 is 5.56 Å². The van der Waals surface area contributed by atoms with Gasteiger partial charge < -0.3 is 9.64 Å². The molecule has 0 atom stereocenters. The van der Waals surface area contributed by atoms with Crippen molar-refractivity contribution in [2.24, 2.45) is 4.99 Å². The molecule has 3 rings (SSSR count). The van der Waals surface area contributed by atoms with Crippen molar-refractivity contribution >= 4 is 18.3 Å². The van der Waals surface area contributed by atoms with Crippen LogP contribution in [0, 0.1) is 0 Å². The Hall–Kier alpha value is -3.74. The molecule has 0 bridgehead atoms. The fraction of sp³-hybridized carbons (Fsp3) is 0.280. The van der Waals surface area contributed by atoms with Crippen LogP contribution in [0.4, 0.5) is 5.95 Å². The van der Waals surface area contributed by atoms with Crippen molar-refractivity contribution in [3.05, 3.63) is 81.3 Å². The van der Waals surface area contributed by atoms with Crippen LogP contribution in [-0.4, -0.2) is 48.4 Å². The van der Waals surface area contributed by atoms with E-state index in [4.69, 9.17) is 4.74 Å². The standard InChI is InChI=1S/C25H28N4O3/c1-5-8-22-21(23(30)28-25(27-22)26-16-29(2)3)15-17-11-13-18(14-12-17)19-9-6-7-10-20(19)24(31)32-4/h6-7,9-14,16H,5,8,15H2,1-4H3,(H,27,28,30). The maximum absolute atomic E-state index is 12.8. The van der Waals surface area contributed by atoms with Crippen LogP contribution in [0.2, 0.25) is 0 Å². The summed E-state index contributed by atoms with van der Waals surface area (Å²) in [4.78, 5) is 38.2. The van der Waals surface area contributed by atoms with E-state index >= 15 is 0 Å². The summed E-state index contributed by atoms with van der Waals surface area (Å²) in [5, 5.41) is 0. The summed E-state index contributed by atoms with van der Waals surface area (Å²) in [6.45, 7) is 2.06. The monoisotopic (exact) mass is 432 g/mol. The number of hydrogen-bond donors (Lipinski definition) is 1. The van der Waals surface area contributed by atoms with Crippen molar-refractivity contribution in [3.63, 3.8) is 0 Å². The van der Waals surface area contributed by atoms with Crippen molar-refractivity contribution in [3.8, 4) is 11.1 Å². The number of ether oxygens (including phenoxy) is 1. The van der Waals surface area contributed by atoms with Crippen LogP contribution in [0.1, 0.15) is 40.5 Å². The van der Waals surface area contributed by atoms with Gasteiger partial charge in [-0.2, -0.15) is 0 Å². The molecule has 0 unspecified atom stereocenters. The van der Waals surface area contributed by atoms with E-state index in [1.54, 1.807) is 17.3 Å². The van der Waals surface area contributed by atoms with Gasteiger partial charge >= 0.3 is 5.97 Å². The van der Waals surface area contributed by atoms with Crippen LogP contribution in [-0.2, 0) is 17.6 Å². The first-order valence-electron chi connectivity index (χ1n) is 10.5. The molecule has 166 valence electrons. The molecule has 2 aromatic carbocycles. The van der Waals surface area contributed by atoms with Gasteiger partial charge in [-0.05, 0) is 29.2 Å². The summed E-state index contributed by atoms with van der Waals surface area (Å²) in [6, 6.07) is 15.2. The van der Waals surface area contributed by atoms with Gasteiger partial charge in [-0.15, -0.1) is 0 Å². The number of aromatic amines is 1. The first-order chi connectivity index (χ1) is 15.4. The summed E-state index contributed by atoms with van der Waals surface area (Å²) < 4.78 is 4.89. The Morgan fingerprint density at radius 2 is 1.88 bits per heavy atom. The third-order valence-corrected chi connectivity index (χ3v) is 4.96. The van der Waals surface area contributed by atoms with Crippen LogP contribution in [0.5, 0.6) is 0 Å². The highest BCUT2D eigenvalue weighted by Crippen LogP contribution is 2.25. The average Bonchev–Trinajstić information content (AvgIpc) is 2.80. The van der Waals surface area contributed by atoms with E-state index in [1.807, 2.05) is 56.6 Å². The van der Waals surface area contributed by atoms with Crippen LogP contribution >= 0.6 is 0 Å². The molecule has 0 fully saturated rings. The number of hydrogen-bond acceptors (Lipinski definition) is 5. The van der Waals surface area contributed by atoms with E-state index in [2.05, 4.69) is 21.9 Å². The fourth-order valence-electron chi connectivity index (χ4n) is 3.42. The van der Waals surface area contributed by atoms with Gasteiger partial charge in [-0.3, -0.25) is 9.78 Å². The number of methoxy groups -OCH3 is 1. The normalized spacial score (nSPS) is 11.0. The zero-order chi connectivity index (χ0) is 23.1. The Labute approximate surface area is 187 Å². The second-order valence-electron chi connectivity index (χ2n) is 7.68. The molecule has 0 radical (unpaired) electrons. The molecule has 3 aromatic rings. The maximum atomic E-state index is 12.8. The lowest BCUT2D eigenvalue weighted by Crippen LogP contribution is -2.18. The number of rotatable bonds is 8. The smallest absolute Gasteiger partial charge is 0.338 e. The third-order valence-electron chi connectivity index (χ3n) is 4.96. The number of carbonyl (C=O) groups is 1. The van der Waals surface area contributed by atoms with E-state index in [1.165, 1.54) is 7.11 Å². The highest BCUT2D eigenvalue weighted by molar-refractivity contribution is 5.97. The number of aromatic nitrogens is 2. The number of H-pyrrole nitrogens is 1. The van der Waals surface area contributed by atoms with Crippen molar-refractivity contribution in [1.29, 1.82) is 0 Å². The zero-order valence-electron chi connectivity index (χ0n) is 18.9. The fourth-order valence-corrected chi connectivity index (χ4v) is 3.42. The van der Waals surface area contributed by atoms with E-state index in [-0.39, 0.29) is 11.5 Å². The van der Waals surface area contributed by atoms with Crippen LogP contribution in [0.15, 0.2) is 58.3 Å². The minimum Gasteiger partial charge on any atom is -0.465 e. The topological polar surface area (TPSA) is 87.7 Å². The maximum Gasteiger partial charge on any atom is 0.338 e. The zero-order valence-corrected chi connectivity index (χ0v) is 18.9. The molecular formula is C25H28N4O3. The molecule has 1 heterocycles. The van der Waals surface area contributed by atoms with E-state index in [0.717, 1.165) is 28.8 Å². The molecule has 7 heteroatoms. The van der Waals surface area contributed by atoms with Crippen molar-refractivity contribution in [1.82, 2.24) is 14.9 Å². The number of aryl methyl sites for hydroxylation is 1. The summed E-state index contributed by atoms with van der Waals surface area (Å²) in [6.07, 6.45) is 3.66. The molecule has 32 heavy (non-hydrogen) atoms. The Balaban J connectivity index is 1.90. The number of nitrogens with one attached hydrogen (secondary N) is 1. The highest BCUT2D eigenvalue weighted by Gasteiger charge is 2.14. The van der Waals surface area contributed by atoms with Gasteiger partial charge in [0.25, 0.3) is 5.56 Å². The summed E-state index contributed by atoms with van der Waals surface area (Å²) in [5.41, 5.74) is 4.46. The average molecular weight is 433 g/mol. The molecule has 0 saturated heterocycles. The quantitative estimate of drug-likeness (QED) is 0.330. The Morgan fingerprint density at radius 3 is 2.53 bits per heavy atom. The molecule has 0 aliphatic rings. The molecule has 1 N–H and O–H groups in total. The Morgan fingerprint density at radius 1 is 1.16 bits per heavy atom. The Bertz CT molecular complexity index is 1160. The third kappa shape index (κ3) is 5.49. The molecule has 1 aromatic heterocycles. The van der Waals surface area contributed by atoms with Gasteiger partial charge in [-0.25, -0.2) is 14.8 Å². The number of benzene rings is 2. The highest BCUT2D eigenvalue weighted by atomic mass is 16.5. The Kier molecular flexibility index (Phi) is 7.54. The van der Waals surface area contributed by atoms with Gasteiger partial charge in [-0.1, -0.05) is 55.8 Å². The van der Waals surface area contributed by atoms with E-state index in [0.29, 0.717) is 29.9 Å². The summed E-state index contributed by atoms with van der Waals surface area (Å²) in [7, 11) is 5.09. The summed E-state index contributed by atoms with van der Waals surface area (Å²) in [5.74, 6) is -0.0610. The van der Waals surface area contributed by atoms with E-state index in [9.17, 15) is 9.59 Å². The SMILES string of the molecule is CCCc1nc(N=CN(C)C)[nH]c(=O)c1Cc1ccc(-c2ccccc2C(=O)OC)cc1. The molecule has 0 spiro atoms. The second-order valence-corrected chi connectivity index (χ2v) is 7.68. The largest absolute Gasteiger partial charge is 0.465 e. The molecule has 0 aliphatic carbocycles. The van der Waals surface area contributed by atoms with Crippen molar-refractivity contribution in [2.75, 3.05) is 21.2 Å². The molecule has 0 saturated carbocycles. The van der Waals surface area contributed by atoms with Crippen molar-refractivity contribution in [2.45, 2.75) is 26.2 Å². The minimum absolute atomic E-state index is 0.172. The number of carbonyl (C=O) groups excluding carboxylic acids is 1. The van der Waals surface area contributed by atoms with Gasteiger partial charge in [0, 0.05) is 26.1 Å². The molecule has 0 aliphatic heterocycles. The molecule has 0 amide bonds. The van der Waals surface area contributed by atoms with Crippen molar-refractivity contribution < 1.29 is 9.53 Å². The predicted octanol–water partition coefficient (Wildman–Crippen LogP) is 3.99. The lowest BCUT2D eigenvalue weighted by atomic mass is 9.96. The first-order valence-corrected chi connectivity index (χ1v) is 10.5. The van der Waals surface area contributed by atoms with E-state index < -0.39 is 0 Å².